The van der Waals surface area contributed by atoms with Crippen LogP contribution in [0.1, 0.15) is 29.2 Å². The Hall–Kier alpha value is -2.22. The van der Waals surface area contributed by atoms with Gasteiger partial charge in [-0.25, -0.2) is 9.97 Å². The van der Waals surface area contributed by atoms with Crippen molar-refractivity contribution >= 4 is 18.1 Å². The van der Waals surface area contributed by atoms with Gasteiger partial charge in [0.05, 0.1) is 6.10 Å². The SMILES string of the molecule is Cc1nc(NCC2CCCO2)cc(C(=O)N2CCN(C=O)CC2)n1. The van der Waals surface area contributed by atoms with Crippen LogP contribution in [0.5, 0.6) is 0 Å². The lowest BCUT2D eigenvalue weighted by Gasteiger charge is -2.32. The average molecular weight is 333 g/mol. The van der Waals surface area contributed by atoms with Gasteiger partial charge in [0.1, 0.15) is 17.3 Å². The molecule has 0 aromatic carbocycles. The second-order valence-electron chi connectivity index (χ2n) is 6.14. The second kappa shape index (κ2) is 7.57. The van der Waals surface area contributed by atoms with Crippen LogP contribution in [0.15, 0.2) is 6.07 Å². The number of hydrogen-bond donors (Lipinski definition) is 1. The molecule has 0 aliphatic carbocycles. The molecule has 1 N–H and O–H groups in total. The summed E-state index contributed by atoms with van der Waals surface area (Å²) in [5.74, 6) is 1.08. The first-order valence-corrected chi connectivity index (χ1v) is 8.35. The summed E-state index contributed by atoms with van der Waals surface area (Å²) in [6.07, 6.45) is 3.16. The average Bonchev–Trinajstić information content (AvgIpc) is 3.12. The molecule has 1 aromatic heterocycles. The molecule has 1 unspecified atom stereocenters. The first kappa shape index (κ1) is 16.6. The molecule has 8 heteroatoms. The van der Waals surface area contributed by atoms with E-state index >= 15 is 0 Å². The molecular weight excluding hydrogens is 310 g/mol. The van der Waals surface area contributed by atoms with E-state index in [1.54, 1.807) is 22.8 Å². The number of carbonyl (C=O) groups is 2. The number of carbonyl (C=O) groups excluding carboxylic acids is 2. The summed E-state index contributed by atoms with van der Waals surface area (Å²) in [4.78, 5) is 35.4. The molecular formula is C16H23N5O3. The van der Waals surface area contributed by atoms with Crippen LogP contribution >= 0.6 is 0 Å². The molecule has 0 bridgehead atoms. The molecule has 24 heavy (non-hydrogen) atoms. The molecule has 2 saturated heterocycles. The summed E-state index contributed by atoms with van der Waals surface area (Å²) in [6.45, 7) is 5.44. The quantitative estimate of drug-likeness (QED) is 0.779. The zero-order valence-corrected chi connectivity index (χ0v) is 13.9. The van der Waals surface area contributed by atoms with Crippen molar-refractivity contribution in [1.29, 1.82) is 0 Å². The van der Waals surface area contributed by atoms with Crippen LogP contribution in [0.2, 0.25) is 0 Å². The standard InChI is InChI=1S/C16H23N5O3/c1-12-18-14(16(23)21-6-4-20(11-22)5-7-21)9-15(19-12)17-10-13-3-2-8-24-13/h9,11,13H,2-8,10H2,1H3,(H,17,18,19). The highest BCUT2D eigenvalue weighted by molar-refractivity contribution is 5.93. The Kier molecular flexibility index (Phi) is 5.24. The predicted molar refractivity (Wildman–Crippen MR) is 87.8 cm³/mol. The number of aryl methyl sites for hydroxylation is 1. The van der Waals surface area contributed by atoms with E-state index in [1.807, 2.05) is 0 Å². The first-order chi connectivity index (χ1) is 11.7. The van der Waals surface area contributed by atoms with Crippen molar-refractivity contribution in [3.05, 3.63) is 17.6 Å². The molecule has 2 amide bonds. The lowest BCUT2D eigenvalue weighted by Crippen LogP contribution is -2.48. The Bertz CT molecular complexity index is 595. The largest absolute Gasteiger partial charge is 0.376 e. The molecule has 2 fully saturated rings. The number of anilines is 1. The van der Waals surface area contributed by atoms with Gasteiger partial charge < -0.3 is 19.9 Å². The van der Waals surface area contributed by atoms with Gasteiger partial charge in [0, 0.05) is 45.4 Å². The number of amides is 2. The van der Waals surface area contributed by atoms with Gasteiger partial charge in [0.2, 0.25) is 6.41 Å². The third-order valence-corrected chi connectivity index (χ3v) is 4.34. The first-order valence-electron chi connectivity index (χ1n) is 8.35. The van der Waals surface area contributed by atoms with Crippen molar-refractivity contribution in [2.75, 3.05) is 44.6 Å². The van der Waals surface area contributed by atoms with Crippen molar-refractivity contribution in [3.8, 4) is 0 Å². The Morgan fingerprint density at radius 3 is 2.83 bits per heavy atom. The monoisotopic (exact) mass is 333 g/mol. The van der Waals surface area contributed by atoms with E-state index in [1.165, 1.54) is 0 Å². The van der Waals surface area contributed by atoms with Crippen molar-refractivity contribution < 1.29 is 14.3 Å². The Morgan fingerprint density at radius 1 is 1.38 bits per heavy atom. The van der Waals surface area contributed by atoms with E-state index < -0.39 is 0 Å². The molecule has 130 valence electrons. The highest BCUT2D eigenvalue weighted by Gasteiger charge is 2.23. The van der Waals surface area contributed by atoms with Crippen molar-refractivity contribution in [1.82, 2.24) is 19.8 Å². The van der Waals surface area contributed by atoms with Gasteiger partial charge in [-0.3, -0.25) is 9.59 Å². The normalized spacial score (nSPS) is 21.0. The summed E-state index contributed by atoms with van der Waals surface area (Å²) < 4.78 is 5.58. The summed E-state index contributed by atoms with van der Waals surface area (Å²) in [7, 11) is 0. The summed E-state index contributed by atoms with van der Waals surface area (Å²) >= 11 is 0. The molecule has 0 saturated carbocycles. The Balaban J connectivity index is 1.64. The minimum absolute atomic E-state index is 0.119. The summed E-state index contributed by atoms with van der Waals surface area (Å²) in [5.41, 5.74) is 0.386. The molecule has 1 atom stereocenters. The Labute approximate surface area is 141 Å². The van der Waals surface area contributed by atoms with Crippen LogP contribution in [0.4, 0.5) is 5.82 Å². The van der Waals surface area contributed by atoms with E-state index in [0.29, 0.717) is 50.1 Å². The van der Waals surface area contributed by atoms with Crippen LogP contribution in [-0.2, 0) is 9.53 Å². The maximum Gasteiger partial charge on any atom is 0.272 e. The zero-order chi connectivity index (χ0) is 16.9. The lowest BCUT2D eigenvalue weighted by atomic mass is 10.2. The van der Waals surface area contributed by atoms with Crippen LogP contribution in [0.25, 0.3) is 0 Å². The van der Waals surface area contributed by atoms with Gasteiger partial charge in [-0.2, -0.15) is 0 Å². The van der Waals surface area contributed by atoms with Gasteiger partial charge in [0.15, 0.2) is 0 Å². The van der Waals surface area contributed by atoms with Crippen molar-refractivity contribution in [3.63, 3.8) is 0 Å². The van der Waals surface area contributed by atoms with Crippen LogP contribution < -0.4 is 5.32 Å². The summed E-state index contributed by atoms with van der Waals surface area (Å²) in [5, 5.41) is 3.24. The van der Waals surface area contributed by atoms with E-state index in [9.17, 15) is 9.59 Å². The smallest absolute Gasteiger partial charge is 0.272 e. The maximum absolute atomic E-state index is 12.6. The van der Waals surface area contributed by atoms with Gasteiger partial charge >= 0.3 is 0 Å². The predicted octanol–water partition coefficient (Wildman–Crippen LogP) is 0.290. The third kappa shape index (κ3) is 4.00. The van der Waals surface area contributed by atoms with Crippen LogP contribution in [0, 0.1) is 6.92 Å². The minimum Gasteiger partial charge on any atom is -0.376 e. The fourth-order valence-electron chi connectivity index (χ4n) is 2.98. The number of aromatic nitrogens is 2. The topological polar surface area (TPSA) is 87.7 Å². The van der Waals surface area contributed by atoms with Crippen LogP contribution in [0.3, 0.4) is 0 Å². The van der Waals surface area contributed by atoms with E-state index in [2.05, 4.69) is 15.3 Å². The van der Waals surface area contributed by atoms with Gasteiger partial charge in [0.25, 0.3) is 5.91 Å². The Morgan fingerprint density at radius 2 is 2.17 bits per heavy atom. The number of hydrogen-bond acceptors (Lipinski definition) is 6. The molecule has 1 aromatic rings. The number of nitrogens with one attached hydrogen (secondary N) is 1. The van der Waals surface area contributed by atoms with Gasteiger partial charge in [-0.05, 0) is 19.8 Å². The maximum atomic E-state index is 12.6. The molecule has 0 spiro atoms. The van der Waals surface area contributed by atoms with E-state index in [-0.39, 0.29) is 12.0 Å². The molecule has 0 radical (unpaired) electrons. The molecule has 2 aliphatic heterocycles. The van der Waals surface area contributed by atoms with Gasteiger partial charge in [-0.15, -0.1) is 0 Å². The molecule has 3 rings (SSSR count). The highest BCUT2D eigenvalue weighted by atomic mass is 16.5. The number of piperazine rings is 1. The van der Waals surface area contributed by atoms with Gasteiger partial charge in [-0.1, -0.05) is 0 Å². The van der Waals surface area contributed by atoms with Crippen molar-refractivity contribution in [2.24, 2.45) is 0 Å². The van der Waals surface area contributed by atoms with Crippen molar-refractivity contribution in [2.45, 2.75) is 25.9 Å². The van der Waals surface area contributed by atoms with E-state index in [4.69, 9.17) is 4.74 Å². The zero-order valence-electron chi connectivity index (χ0n) is 13.9. The molecule has 8 nitrogen and oxygen atoms in total. The third-order valence-electron chi connectivity index (χ3n) is 4.34. The van der Waals surface area contributed by atoms with E-state index in [0.717, 1.165) is 25.9 Å². The molecule has 2 aliphatic rings. The fraction of sp³-hybridized carbons (Fsp3) is 0.625. The second-order valence-corrected chi connectivity index (χ2v) is 6.14. The highest BCUT2D eigenvalue weighted by Crippen LogP contribution is 2.15. The number of ether oxygens (including phenoxy) is 1. The number of rotatable bonds is 5. The lowest BCUT2D eigenvalue weighted by molar-refractivity contribution is -0.119. The summed E-state index contributed by atoms with van der Waals surface area (Å²) in [6, 6.07) is 1.69. The van der Waals surface area contributed by atoms with Crippen LogP contribution in [-0.4, -0.2) is 77.5 Å². The number of nitrogens with zero attached hydrogens (tertiary/aromatic N) is 4. The minimum atomic E-state index is -0.119. The fourth-order valence-corrected chi connectivity index (χ4v) is 2.98. The molecule has 3 heterocycles.